The molecule has 3 unspecified atom stereocenters. The Morgan fingerprint density at radius 3 is 2.81 bits per heavy atom. The fraction of sp³-hybridized carbons (Fsp3) is 0.647. The third kappa shape index (κ3) is 5.40. The molecule has 21 heavy (non-hydrogen) atoms. The van der Waals surface area contributed by atoms with Crippen molar-refractivity contribution in [3.05, 3.63) is 35.9 Å². The quantitative estimate of drug-likeness (QED) is 0.767. The summed E-state index contributed by atoms with van der Waals surface area (Å²) in [5.74, 6) is 0. The average molecular weight is 292 g/mol. The molecule has 0 aliphatic carbocycles. The van der Waals surface area contributed by atoms with Crippen molar-refractivity contribution in [2.24, 2.45) is 0 Å². The SMILES string of the molecule is CC(OCC(O)CNCC1CCCN1C)c1ccccc1. The molecule has 4 nitrogen and oxygen atoms in total. The Kier molecular flexibility index (Phi) is 6.64. The Bertz CT molecular complexity index is 399. The lowest BCUT2D eigenvalue weighted by Crippen LogP contribution is -2.39. The number of nitrogens with zero attached hydrogens (tertiary/aromatic N) is 1. The normalized spacial score (nSPS) is 22.3. The molecule has 0 spiro atoms. The van der Waals surface area contributed by atoms with Crippen LogP contribution >= 0.6 is 0 Å². The topological polar surface area (TPSA) is 44.7 Å². The lowest BCUT2D eigenvalue weighted by molar-refractivity contribution is -0.00231. The summed E-state index contributed by atoms with van der Waals surface area (Å²) in [5.41, 5.74) is 1.14. The van der Waals surface area contributed by atoms with Crippen LogP contribution < -0.4 is 5.32 Å². The fourth-order valence-corrected chi connectivity index (χ4v) is 2.79. The van der Waals surface area contributed by atoms with Crippen molar-refractivity contribution in [1.29, 1.82) is 0 Å². The number of ether oxygens (including phenoxy) is 1. The molecule has 2 N–H and O–H groups in total. The van der Waals surface area contributed by atoms with E-state index in [9.17, 15) is 5.11 Å². The average Bonchev–Trinajstić information content (AvgIpc) is 2.91. The fourth-order valence-electron chi connectivity index (χ4n) is 2.79. The van der Waals surface area contributed by atoms with E-state index in [0.717, 1.165) is 12.1 Å². The molecule has 0 aromatic heterocycles. The molecule has 0 bridgehead atoms. The summed E-state index contributed by atoms with van der Waals surface area (Å²) in [5, 5.41) is 13.3. The first-order valence-corrected chi connectivity index (χ1v) is 7.92. The predicted molar refractivity (Wildman–Crippen MR) is 85.3 cm³/mol. The summed E-state index contributed by atoms with van der Waals surface area (Å²) < 4.78 is 5.73. The third-order valence-electron chi connectivity index (χ3n) is 4.24. The summed E-state index contributed by atoms with van der Waals surface area (Å²) in [6.07, 6.45) is 2.09. The zero-order valence-corrected chi connectivity index (χ0v) is 13.2. The summed E-state index contributed by atoms with van der Waals surface area (Å²) >= 11 is 0. The van der Waals surface area contributed by atoms with Crippen LogP contribution in [0.1, 0.15) is 31.4 Å². The largest absolute Gasteiger partial charge is 0.389 e. The van der Waals surface area contributed by atoms with Crippen molar-refractivity contribution in [2.45, 2.75) is 38.0 Å². The first-order chi connectivity index (χ1) is 10.2. The summed E-state index contributed by atoms with van der Waals surface area (Å²) in [6.45, 7) is 5.10. The smallest absolute Gasteiger partial charge is 0.0897 e. The van der Waals surface area contributed by atoms with E-state index >= 15 is 0 Å². The molecule has 0 saturated carbocycles. The molecule has 118 valence electrons. The molecule has 1 aliphatic rings. The zero-order valence-electron chi connectivity index (χ0n) is 13.2. The van der Waals surface area contributed by atoms with Crippen LogP contribution in [0.25, 0.3) is 0 Å². The number of aliphatic hydroxyl groups is 1. The predicted octanol–water partition coefficient (Wildman–Crippen LogP) is 1.81. The minimum atomic E-state index is -0.456. The molecular formula is C17H28N2O2. The van der Waals surface area contributed by atoms with Gasteiger partial charge in [0.15, 0.2) is 0 Å². The molecule has 4 heteroatoms. The van der Waals surface area contributed by atoms with Crippen molar-refractivity contribution in [3.63, 3.8) is 0 Å². The number of aliphatic hydroxyl groups excluding tert-OH is 1. The van der Waals surface area contributed by atoms with Gasteiger partial charge in [0.05, 0.1) is 18.8 Å². The molecule has 1 saturated heterocycles. The minimum Gasteiger partial charge on any atom is -0.389 e. The van der Waals surface area contributed by atoms with E-state index in [0.29, 0.717) is 19.2 Å². The second-order valence-electron chi connectivity index (χ2n) is 5.97. The standard InChI is InChI=1S/C17H28N2O2/c1-14(15-7-4-3-5-8-15)21-13-17(20)12-18-11-16-9-6-10-19(16)2/h3-5,7-8,14,16-18,20H,6,9-13H2,1-2H3. The Morgan fingerprint density at radius 1 is 1.38 bits per heavy atom. The van der Waals surface area contributed by atoms with Gasteiger partial charge in [-0.2, -0.15) is 0 Å². The van der Waals surface area contributed by atoms with Crippen molar-refractivity contribution in [2.75, 3.05) is 33.3 Å². The lowest BCUT2D eigenvalue weighted by Gasteiger charge is -2.21. The van der Waals surface area contributed by atoms with Gasteiger partial charge in [-0.3, -0.25) is 0 Å². The van der Waals surface area contributed by atoms with Gasteiger partial charge >= 0.3 is 0 Å². The molecule has 1 fully saturated rings. The molecule has 1 aliphatic heterocycles. The molecule has 2 rings (SSSR count). The van der Waals surface area contributed by atoms with Crippen molar-refractivity contribution in [1.82, 2.24) is 10.2 Å². The van der Waals surface area contributed by atoms with Gasteiger partial charge in [0.1, 0.15) is 0 Å². The molecule has 1 heterocycles. The number of nitrogens with one attached hydrogen (secondary N) is 1. The van der Waals surface area contributed by atoms with Crippen molar-refractivity contribution in [3.8, 4) is 0 Å². The molecule has 3 atom stereocenters. The first-order valence-electron chi connectivity index (χ1n) is 7.92. The first kappa shape index (κ1) is 16.4. The number of hydrogen-bond donors (Lipinski definition) is 2. The van der Waals surface area contributed by atoms with Gasteiger partial charge in [0.2, 0.25) is 0 Å². The zero-order chi connectivity index (χ0) is 15.1. The number of hydrogen-bond acceptors (Lipinski definition) is 4. The van der Waals surface area contributed by atoms with Gasteiger partial charge in [-0.25, -0.2) is 0 Å². The molecule has 0 radical (unpaired) electrons. The van der Waals surface area contributed by atoms with Crippen molar-refractivity contribution < 1.29 is 9.84 Å². The van der Waals surface area contributed by atoms with E-state index in [2.05, 4.69) is 17.3 Å². The van der Waals surface area contributed by atoms with Gasteiger partial charge in [-0.1, -0.05) is 30.3 Å². The second kappa shape index (κ2) is 8.49. The highest BCUT2D eigenvalue weighted by Gasteiger charge is 2.20. The van der Waals surface area contributed by atoms with Gasteiger partial charge < -0.3 is 20.1 Å². The minimum absolute atomic E-state index is 0.0156. The van der Waals surface area contributed by atoms with E-state index in [1.54, 1.807) is 0 Å². The number of likely N-dealkylation sites (N-methyl/N-ethyl adjacent to an activating group) is 1. The van der Waals surface area contributed by atoms with Crippen LogP contribution in [0.4, 0.5) is 0 Å². The molecule has 1 aromatic carbocycles. The van der Waals surface area contributed by atoms with Gasteiger partial charge in [-0.05, 0) is 38.9 Å². The number of benzene rings is 1. The van der Waals surface area contributed by atoms with Crippen LogP contribution in [0.15, 0.2) is 30.3 Å². The van der Waals surface area contributed by atoms with Crippen LogP contribution in [-0.2, 0) is 4.74 Å². The van der Waals surface area contributed by atoms with Crippen LogP contribution in [-0.4, -0.2) is 55.4 Å². The Balaban J connectivity index is 1.60. The summed E-state index contributed by atoms with van der Waals surface area (Å²) in [4.78, 5) is 2.38. The highest BCUT2D eigenvalue weighted by molar-refractivity contribution is 5.16. The van der Waals surface area contributed by atoms with Crippen LogP contribution in [0.5, 0.6) is 0 Å². The maximum atomic E-state index is 9.98. The molecular weight excluding hydrogens is 264 g/mol. The third-order valence-corrected chi connectivity index (χ3v) is 4.24. The van der Waals surface area contributed by atoms with Crippen LogP contribution in [0, 0.1) is 0 Å². The number of rotatable bonds is 8. The summed E-state index contributed by atoms with van der Waals surface area (Å²) in [6, 6.07) is 10.7. The van der Waals surface area contributed by atoms with Gasteiger partial charge in [-0.15, -0.1) is 0 Å². The van der Waals surface area contributed by atoms with Crippen LogP contribution in [0.2, 0.25) is 0 Å². The van der Waals surface area contributed by atoms with E-state index in [-0.39, 0.29) is 6.10 Å². The maximum Gasteiger partial charge on any atom is 0.0897 e. The van der Waals surface area contributed by atoms with E-state index in [1.165, 1.54) is 19.4 Å². The highest BCUT2D eigenvalue weighted by atomic mass is 16.5. The Morgan fingerprint density at radius 2 is 2.14 bits per heavy atom. The van der Waals surface area contributed by atoms with Gasteiger partial charge in [0.25, 0.3) is 0 Å². The van der Waals surface area contributed by atoms with E-state index < -0.39 is 6.10 Å². The summed E-state index contributed by atoms with van der Waals surface area (Å²) in [7, 11) is 2.17. The van der Waals surface area contributed by atoms with E-state index in [1.807, 2.05) is 37.3 Å². The lowest BCUT2D eigenvalue weighted by atomic mass is 10.1. The maximum absolute atomic E-state index is 9.98. The van der Waals surface area contributed by atoms with Crippen LogP contribution in [0.3, 0.4) is 0 Å². The molecule has 0 amide bonds. The Labute approximate surface area is 128 Å². The second-order valence-corrected chi connectivity index (χ2v) is 5.97. The van der Waals surface area contributed by atoms with E-state index in [4.69, 9.17) is 4.74 Å². The highest BCUT2D eigenvalue weighted by Crippen LogP contribution is 2.16. The number of likely N-dealkylation sites (tertiary alicyclic amines) is 1. The molecule has 1 aromatic rings. The van der Waals surface area contributed by atoms with Crippen molar-refractivity contribution >= 4 is 0 Å². The Hall–Kier alpha value is -0.940. The monoisotopic (exact) mass is 292 g/mol. The van der Waals surface area contributed by atoms with Gasteiger partial charge in [0, 0.05) is 19.1 Å².